The molecule has 6 heteroatoms. The van der Waals surface area contributed by atoms with Crippen LogP contribution in [0.25, 0.3) is 0 Å². The monoisotopic (exact) mass is 400 g/mol. The minimum absolute atomic E-state index is 0.0909. The Balaban J connectivity index is 2.20. The second-order valence-corrected chi connectivity index (χ2v) is 7.12. The lowest BCUT2D eigenvalue weighted by Crippen LogP contribution is -2.36. The molecule has 1 amide bonds. The molecule has 2 atom stereocenters. The quantitative estimate of drug-likeness (QED) is 0.435. The SMILES string of the molecule is CCCCCC(NC(C(N)=O)c1ccc(F)cc1)c1ccc(COC(C)=O)cc1. The zero-order valence-electron chi connectivity index (χ0n) is 17.0. The number of rotatable bonds is 11. The van der Waals surface area contributed by atoms with E-state index in [1.54, 1.807) is 12.1 Å². The molecule has 0 aliphatic rings. The van der Waals surface area contributed by atoms with Crippen molar-refractivity contribution in [3.63, 3.8) is 0 Å². The van der Waals surface area contributed by atoms with Crippen LogP contribution in [-0.4, -0.2) is 11.9 Å². The number of nitrogens with one attached hydrogen (secondary N) is 1. The maximum Gasteiger partial charge on any atom is 0.302 e. The van der Waals surface area contributed by atoms with Gasteiger partial charge in [0, 0.05) is 13.0 Å². The van der Waals surface area contributed by atoms with Crippen LogP contribution in [0, 0.1) is 5.82 Å². The van der Waals surface area contributed by atoms with E-state index in [2.05, 4.69) is 12.2 Å². The number of carbonyl (C=O) groups is 2. The molecule has 3 N–H and O–H groups in total. The third-order valence-electron chi connectivity index (χ3n) is 4.78. The first kappa shape index (κ1) is 22.6. The Labute approximate surface area is 171 Å². The van der Waals surface area contributed by atoms with Gasteiger partial charge in [0.05, 0.1) is 0 Å². The lowest BCUT2D eigenvalue weighted by molar-refractivity contribution is -0.142. The van der Waals surface area contributed by atoms with Crippen molar-refractivity contribution in [2.45, 2.75) is 58.2 Å². The van der Waals surface area contributed by atoms with E-state index >= 15 is 0 Å². The number of hydrogen-bond acceptors (Lipinski definition) is 4. The molecule has 156 valence electrons. The Morgan fingerprint density at radius 2 is 1.66 bits per heavy atom. The number of esters is 1. The zero-order valence-corrected chi connectivity index (χ0v) is 17.0. The number of carbonyl (C=O) groups excluding carboxylic acids is 2. The van der Waals surface area contributed by atoms with Gasteiger partial charge in [-0.3, -0.25) is 14.9 Å². The van der Waals surface area contributed by atoms with Crippen LogP contribution in [0.1, 0.15) is 68.3 Å². The molecule has 5 nitrogen and oxygen atoms in total. The number of benzene rings is 2. The van der Waals surface area contributed by atoms with Crippen LogP contribution in [0.15, 0.2) is 48.5 Å². The predicted molar refractivity (Wildman–Crippen MR) is 110 cm³/mol. The van der Waals surface area contributed by atoms with E-state index in [0.29, 0.717) is 5.56 Å². The van der Waals surface area contributed by atoms with Gasteiger partial charge in [0.15, 0.2) is 0 Å². The fraction of sp³-hybridized carbons (Fsp3) is 0.391. The number of ether oxygens (including phenoxy) is 1. The van der Waals surface area contributed by atoms with Crippen LogP contribution in [-0.2, 0) is 20.9 Å². The van der Waals surface area contributed by atoms with Crippen LogP contribution < -0.4 is 11.1 Å². The Kier molecular flexibility index (Phi) is 8.80. The van der Waals surface area contributed by atoms with E-state index in [4.69, 9.17) is 10.5 Å². The Morgan fingerprint density at radius 3 is 2.21 bits per heavy atom. The van der Waals surface area contributed by atoms with Crippen molar-refractivity contribution in [3.05, 3.63) is 71.0 Å². The molecule has 0 bridgehead atoms. The molecular weight excluding hydrogens is 371 g/mol. The summed E-state index contributed by atoms with van der Waals surface area (Å²) in [4.78, 5) is 23.1. The Hall–Kier alpha value is -2.73. The van der Waals surface area contributed by atoms with Gasteiger partial charge < -0.3 is 10.5 Å². The van der Waals surface area contributed by atoms with Crippen LogP contribution in [0.4, 0.5) is 4.39 Å². The highest BCUT2D eigenvalue weighted by atomic mass is 19.1. The Bertz CT molecular complexity index is 791. The van der Waals surface area contributed by atoms with Crippen molar-refractivity contribution in [3.8, 4) is 0 Å². The molecule has 0 saturated heterocycles. The van der Waals surface area contributed by atoms with Gasteiger partial charge in [0.2, 0.25) is 5.91 Å². The first-order valence-electron chi connectivity index (χ1n) is 9.93. The summed E-state index contributed by atoms with van der Waals surface area (Å²) >= 11 is 0. The normalized spacial score (nSPS) is 12.9. The van der Waals surface area contributed by atoms with Gasteiger partial charge >= 0.3 is 5.97 Å². The predicted octanol–water partition coefficient (Wildman–Crippen LogP) is 4.33. The van der Waals surface area contributed by atoms with Gasteiger partial charge in [-0.1, -0.05) is 62.6 Å². The summed E-state index contributed by atoms with van der Waals surface area (Å²) < 4.78 is 18.3. The van der Waals surface area contributed by atoms with E-state index in [1.807, 2.05) is 24.3 Å². The summed E-state index contributed by atoms with van der Waals surface area (Å²) in [5, 5.41) is 3.35. The minimum atomic E-state index is -0.719. The number of halogens is 1. The third-order valence-corrected chi connectivity index (χ3v) is 4.78. The van der Waals surface area contributed by atoms with Crippen LogP contribution in [0.5, 0.6) is 0 Å². The summed E-state index contributed by atoms with van der Waals surface area (Å²) in [7, 11) is 0. The van der Waals surface area contributed by atoms with E-state index in [9.17, 15) is 14.0 Å². The largest absolute Gasteiger partial charge is 0.461 e. The smallest absolute Gasteiger partial charge is 0.302 e. The number of unbranched alkanes of at least 4 members (excludes halogenated alkanes) is 2. The molecule has 2 aromatic rings. The standard InChI is InChI=1S/C23H29FN2O3/c1-3-4-5-6-21(18-9-7-17(8-10-18)15-29-16(2)27)26-22(23(25)28)19-11-13-20(24)14-12-19/h7-14,21-22,26H,3-6,15H2,1-2H3,(H2,25,28). The van der Waals surface area contributed by atoms with E-state index < -0.39 is 11.9 Å². The van der Waals surface area contributed by atoms with Gasteiger partial charge in [-0.15, -0.1) is 0 Å². The van der Waals surface area contributed by atoms with Crippen LogP contribution in [0.2, 0.25) is 0 Å². The molecule has 0 radical (unpaired) electrons. The second-order valence-electron chi connectivity index (χ2n) is 7.12. The molecule has 0 fully saturated rings. The fourth-order valence-electron chi connectivity index (χ4n) is 3.17. The van der Waals surface area contributed by atoms with E-state index in [1.165, 1.54) is 19.1 Å². The zero-order chi connectivity index (χ0) is 21.2. The number of amides is 1. The molecular formula is C23H29FN2O3. The average molecular weight is 400 g/mol. The van der Waals surface area contributed by atoms with Crippen LogP contribution in [0.3, 0.4) is 0 Å². The molecule has 0 saturated carbocycles. The molecule has 0 aliphatic carbocycles. The summed E-state index contributed by atoms with van der Waals surface area (Å²) in [6.45, 7) is 3.74. The maximum absolute atomic E-state index is 13.3. The molecule has 2 aromatic carbocycles. The molecule has 2 unspecified atom stereocenters. The number of hydrogen-bond donors (Lipinski definition) is 2. The Morgan fingerprint density at radius 1 is 1.03 bits per heavy atom. The van der Waals surface area contributed by atoms with Gasteiger partial charge in [0.1, 0.15) is 18.5 Å². The average Bonchev–Trinajstić information content (AvgIpc) is 2.70. The fourth-order valence-corrected chi connectivity index (χ4v) is 3.17. The second kappa shape index (κ2) is 11.3. The number of primary amides is 1. The lowest BCUT2D eigenvalue weighted by Gasteiger charge is -2.25. The minimum Gasteiger partial charge on any atom is -0.461 e. The van der Waals surface area contributed by atoms with Gasteiger partial charge in [0.25, 0.3) is 0 Å². The van der Waals surface area contributed by atoms with Crippen molar-refractivity contribution in [2.75, 3.05) is 0 Å². The van der Waals surface area contributed by atoms with Crippen molar-refractivity contribution in [2.24, 2.45) is 5.73 Å². The molecule has 29 heavy (non-hydrogen) atoms. The highest BCUT2D eigenvalue weighted by molar-refractivity contribution is 5.81. The van der Waals surface area contributed by atoms with Crippen molar-refractivity contribution >= 4 is 11.9 Å². The van der Waals surface area contributed by atoms with Crippen molar-refractivity contribution < 1.29 is 18.7 Å². The summed E-state index contributed by atoms with van der Waals surface area (Å²) in [5.41, 5.74) is 8.17. The molecule has 0 spiro atoms. The summed E-state index contributed by atoms with van der Waals surface area (Å²) in [6.07, 6.45) is 4.01. The lowest BCUT2D eigenvalue weighted by atomic mass is 9.96. The number of nitrogens with two attached hydrogens (primary N) is 1. The summed E-state index contributed by atoms with van der Waals surface area (Å²) in [5.74, 6) is -1.19. The first-order valence-corrected chi connectivity index (χ1v) is 9.93. The highest BCUT2D eigenvalue weighted by Crippen LogP contribution is 2.25. The van der Waals surface area contributed by atoms with Gasteiger partial charge in [-0.2, -0.15) is 0 Å². The van der Waals surface area contributed by atoms with E-state index in [-0.39, 0.29) is 24.4 Å². The highest BCUT2D eigenvalue weighted by Gasteiger charge is 2.23. The summed E-state index contributed by atoms with van der Waals surface area (Å²) in [6, 6.07) is 12.7. The molecule has 0 aromatic heterocycles. The third kappa shape index (κ3) is 7.31. The van der Waals surface area contributed by atoms with Gasteiger partial charge in [-0.25, -0.2) is 4.39 Å². The molecule has 0 heterocycles. The maximum atomic E-state index is 13.3. The first-order chi connectivity index (χ1) is 13.9. The van der Waals surface area contributed by atoms with Crippen molar-refractivity contribution in [1.82, 2.24) is 5.32 Å². The topological polar surface area (TPSA) is 81.4 Å². The van der Waals surface area contributed by atoms with E-state index in [0.717, 1.165) is 36.8 Å². The van der Waals surface area contributed by atoms with Crippen molar-refractivity contribution in [1.29, 1.82) is 0 Å². The molecule has 2 rings (SSSR count). The molecule has 0 aliphatic heterocycles. The van der Waals surface area contributed by atoms with Crippen LogP contribution >= 0.6 is 0 Å². The van der Waals surface area contributed by atoms with Gasteiger partial charge in [-0.05, 0) is 35.2 Å².